The fourth-order valence-electron chi connectivity index (χ4n) is 2.46. The van der Waals surface area contributed by atoms with Crippen molar-refractivity contribution >= 4 is 0 Å². The molecule has 0 bridgehead atoms. The Labute approximate surface area is 121 Å². The van der Waals surface area contributed by atoms with Crippen LogP contribution in [0.1, 0.15) is 37.4 Å². The van der Waals surface area contributed by atoms with E-state index in [1.54, 1.807) is 4.90 Å². The molecule has 0 spiro atoms. The van der Waals surface area contributed by atoms with E-state index >= 15 is 0 Å². The summed E-state index contributed by atoms with van der Waals surface area (Å²) in [5, 5.41) is 10.1. The Kier molecular flexibility index (Phi) is 5.22. The largest absolute Gasteiger partial charge is 0.390 e. The van der Waals surface area contributed by atoms with E-state index in [9.17, 15) is 22.7 Å². The second kappa shape index (κ2) is 6.75. The lowest BCUT2D eigenvalue weighted by molar-refractivity contribution is -0.141. The van der Waals surface area contributed by atoms with Gasteiger partial charge >= 0.3 is 6.18 Å². The van der Waals surface area contributed by atoms with Gasteiger partial charge in [0.05, 0.1) is 12.5 Å². The van der Waals surface area contributed by atoms with E-state index in [1.807, 2.05) is 0 Å². The van der Waals surface area contributed by atoms with Crippen LogP contribution in [0, 0.1) is 5.82 Å². The Bertz CT molecular complexity index is 442. The summed E-state index contributed by atoms with van der Waals surface area (Å²) >= 11 is 0. The van der Waals surface area contributed by atoms with Crippen LogP contribution in [0.5, 0.6) is 0 Å². The van der Waals surface area contributed by atoms with E-state index in [0.29, 0.717) is 5.56 Å². The zero-order valence-corrected chi connectivity index (χ0v) is 11.6. The molecule has 0 heterocycles. The number of aliphatic hydroxyl groups is 1. The number of halogens is 4. The number of benzene rings is 1. The average molecular weight is 305 g/mol. The quantitative estimate of drug-likeness (QED) is 0.811. The Morgan fingerprint density at radius 2 is 1.81 bits per heavy atom. The molecule has 1 unspecified atom stereocenters. The van der Waals surface area contributed by atoms with Crippen molar-refractivity contribution in [2.24, 2.45) is 0 Å². The molecule has 0 aromatic heterocycles. The van der Waals surface area contributed by atoms with Crippen LogP contribution in [0.15, 0.2) is 24.3 Å². The summed E-state index contributed by atoms with van der Waals surface area (Å²) in [7, 11) is 0. The van der Waals surface area contributed by atoms with Crippen molar-refractivity contribution in [3.8, 4) is 0 Å². The molecule has 2 nitrogen and oxygen atoms in total. The first-order valence-electron chi connectivity index (χ1n) is 7.09. The Hall–Kier alpha value is -1.14. The zero-order valence-electron chi connectivity index (χ0n) is 11.6. The predicted octanol–water partition coefficient (Wildman–Crippen LogP) is 3.67. The minimum absolute atomic E-state index is 0.105. The molecule has 1 aromatic carbocycles. The molecule has 1 N–H and O–H groups in total. The molecule has 0 saturated heterocycles. The summed E-state index contributed by atoms with van der Waals surface area (Å²) in [5.41, 5.74) is 0.521. The Morgan fingerprint density at radius 1 is 1.19 bits per heavy atom. The first-order chi connectivity index (χ1) is 9.85. The smallest absolute Gasteiger partial charge is 0.387 e. The van der Waals surface area contributed by atoms with Gasteiger partial charge in [0.15, 0.2) is 0 Å². The molecule has 118 valence electrons. The lowest BCUT2D eigenvalue weighted by atomic mass is 9.90. The Morgan fingerprint density at radius 3 is 2.29 bits per heavy atom. The van der Waals surface area contributed by atoms with E-state index < -0.39 is 24.5 Å². The van der Waals surface area contributed by atoms with Gasteiger partial charge in [-0.05, 0) is 30.5 Å². The highest BCUT2D eigenvalue weighted by Gasteiger charge is 2.32. The fraction of sp³-hybridized carbons (Fsp3) is 0.600. The molecule has 21 heavy (non-hydrogen) atoms. The van der Waals surface area contributed by atoms with Gasteiger partial charge in [-0.25, -0.2) is 4.39 Å². The molecule has 2 rings (SSSR count). The maximum Gasteiger partial charge on any atom is 0.390 e. The summed E-state index contributed by atoms with van der Waals surface area (Å²) in [6.45, 7) is 0.0405. The third-order valence-corrected chi connectivity index (χ3v) is 3.94. The number of alkyl halides is 3. The van der Waals surface area contributed by atoms with Crippen molar-refractivity contribution < 1.29 is 22.7 Å². The van der Waals surface area contributed by atoms with Gasteiger partial charge in [-0.3, -0.25) is 4.90 Å². The van der Waals surface area contributed by atoms with Gasteiger partial charge in [-0.15, -0.1) is 0 Å². The SMILES string of the molecule is OC(CN(CCC(F)(F)F)C1CCC1)c1ccc(F)cc1. The molecule has 1 saturated carbocycles. The third kappa shape index (κ3) is 4.97. The molecule has 0 aliphatic heterocycles. The number of nitrogens with zero attached hydrogens (tertiary/aromatic N) is 1. The monoisotopic (exact) mass is 305 g/mol. The number of hydrogen-bond acceptors (Lipinski definition) is 2. The Balaban J connectivity index is 1.95. The number of hydrogen-bond donors (Lipinski definition) is 1. The van der Waals surface area contributed by atoms with Crippen LogP contribution in [-0.4, -0.2) is 35.3 Å². The third-order valence-electron chi connectivity index (χ3n) is 3.94. The summed E-state index contributed by atoms with van der Waals surface area (Å²) in [6, 6.07) is 5.51. The van der Waals surface area contributed by atoms with Crippen LogP contribution in [0.2, 0.25) is 0 Å². The summed E-state index contributed by atoms with van der Waals surface area (Å²) in [6.07, 6.45) is -3.22. The van der Waals surface area contributed by atoms with Gasteiger partial charge in [0, 0.05) is 19.1 Å². The molecule has 6 heteroatoms. The highest BCUT2D eigenvalue weighted by atomic mass is 19.4. The highest BCUT2D eigenvalue weighted by Crippen LogP contribution is 2.29. The fourth-order valence-corrected chi connectivity index (χ4v) is 2.46. The second-order valence-electron chi connectivity index (χ2n) is 5.51. The summed E-state index contributed by atoms with van der Waals surface area (Å²) < 4.78 is 50.0. The van der Waals surface area contributed by atoms with Gasteiger partial charge in [0.2, 0.25) is 0 Å². The number of rotatable bonds is 6. The first kappa shape index (κ1) is 16.2. The van der Waals surface area contributed by atoms with Crippen LogP contribution in [0.25, 0.3) is 0 Å². The standard InChI is InChI=1S/C15H19F4NO/c16-12-6-4-11(5-7-12)14(21)10-20(13-2-1-3-13)9-8-15(17,18)19/h4-7,13-14,21H,1-3,8-10H2. The van der Waals surface area contributed by atoms with Crippen molar-refractivity contribution in [2.75, 3.05) is 13.1 Å². The topological polar surface area (TPSA) is 23.5 Å². The zero-order chi connectivity index (χ0) is 15.5. The normalized spacial score (nSPS) is 17.8. The first-order valence-corrected chi connectivity index (χ1v) is 7.09. The molecular formula is C15H19F4NO. The van der Waals surface area contributed by atoms with Gasteiger partial charge in [0.25, 0.3) is 0 Å². The molecule has 1 aliphatic rings. The molecule has 1 aliphatic carbocycles. The summed E-state index contributed by atoms with van der Waals surface area (Å²) in [5.74, 6) is -0.404. The predicted molar refractivity (Wildman–Crippen MR) is 71.2 cm³/mol. The van der Waals surface area contributed by atoms with Gasteiger partial charge < -0.3 is 5.11 Å². The molecule has 0 amide bonds. The van der Waals surface area contributed by atoms with E-state index in [-0.39, 0.29) is 19.1 Å². The van der Waals surface area contributed by atoms with Crippen LogP contribution in [0.3, 0.4) is 0 Å². The van der Waals surface area contributed by atoms with Gasteiger partial charge in [-0.1, -0.05) is 18.6 Å². The molecule has 1 atom stereocenters. The maximum atomic E-state index is 12.8. The van der Waals surface area contributed by atoms with Crippen LogP contribution < -0.4 is 0 Å². The van der Waals surface area contributed by atoms with E-state index in [0.717, 1.165) is 19.3 Å². The maximum absolute atomic E-state index is 12.8. The van der Waals surface area contributed by atoms with Gasteiger partial charge in [-0.2, -0.15) is 13.2 Å². The van der Waals surface area contributed by atoms with Crippen molar-refractivity contribution in [3.63, 3.8) is 0 Å². The van der Waals surface area contributed by atoms with Crippen LogP contribution >= 0.6 is 0 Å². The second-order valence-corrected chi connectivity index (χ2v) is 5.51. The lowest BCUT2D eigenvalue weighted by Crippen LogP contribution is -2.44. The molecule has 1 aromatic rings. The van der Waals surface area contributed by atoms with Crippen LogP contribution in [-0.2, 0) is 0 Å². The molecular weight excluding hydrogens is 286 g/mol. The minimum atomic E-state index is -4.19. The van der Waals surface area contributed by atoms with Gasteiger partial charge in [0.1, 0.15) is 5.82 Å². The molecule has 1 fully saturated rings. The van der Waals surface area contributed by atoms with E-state index in [2.05, 4.69) is 0 Å². The van der Waals surface area contributed by atoms with E-state index in [4.69, 9.17) is 0 Å². The lowest BCUT2D eigenvalue weighted by Gasteiger charge is -2.38. The van der Waals surface area contributed by atoms with Crippen molar-refractivity contribution in [2.45, 2.75) is 44.0 Å². The van der Waals surface area contributed by atoms with E-state index in [1.165, 1.54) is 24.3 Å². The summed E-state index contributed by atoms with van der Waals surface area (Å²) in [4.78, 5) is 1.70. The van der Waals surface area contributed by atoms with Crippen molar-refractivity contribution in [3.05, 3.63) is 35.6 Å². The van der Waals surface area contributed by atoms with Crippen molar-refractivity contribution in [1.29, 1.82) is 0 Å². The van der Waals surface area contributed by atoms with Crippen LogP contribution in [0.4, 0.5) is 17.6 Å². The molecule has 0 radical (unpaired) electrons. The highest BCUT2D eigenvalue weighted by molar-refractivity contribution is 5.18. The number of aliphatic hydroxyl groups excluding tert-OH is 1. The van der Waals surface area contributed by atoms with Crippen molar-refractivity contribution in [1.82, 2.24) is 4.90 Å². The minimum Gasteiger partial charge on any atom is -0.387 e. The average Bonchev–Trinajstić information content (AvgIpc) is 2.33.